The Morgan fingerprint density at radius 2 is 0.747 bits per heavy atom. The van der Waals surface area contributed by atoms with Gasteiger partial charge in [-0.25, -0.2) is 57.9 Å². The number of benzene rings is 5. The van der Waals surface area contributed by atoms with Crippen molar-refractivity contribution in [3.8, 4) is 0 Å². The zero-order valence-corrected chi connectivity index (χ0v) is 48.8. The van der Waals surface area contributed by atoms with Gasteiger partial charge in [-0.1, -0.05) is 0 Å². The molecule has 8 atom stereocenters. The van der Waals surface area contributed by atoms with Crippen molar-refractivity contribution in [2.75, 3.05) is 78.6 Å². The molecule has 0 radical (unpaired) electrons. The number of halogens is 11. The zero-order valence-electron chi connectivity index (χ0n) is 48.8. The number of carbonyl (C=O) groups is 4. The first kappa shape index (κ1) is 63.7. The highest BCUT2D eigenvalue weighted by Gasteiger charge is 2.49. The van der Waals surface area contributed by atoms with E-state index in [4.69, 9.17) is 14.9 Å². The van der Waals surface area contributed by atoms with Crippen molar-refractivity contribution in [1.29, 1.82) is 0 Å². The number of carboxylic acid groups (broad SMARTS) is 1. The largest absolute Gasteiger partial charge is 0.478 e. The molecule has 26 heteroatoms. The number of ether oxygens (including phenoxy) is 1. The van der Waals surface area contributed by atoms with Crippen LogP contribution in [-0.4, -0.2) is 113 Å². The number of aldehydes is 2. The number of aliphatic hydroxyl groups is 1. The minimum absolute atomic E-state index is 0.0257. The Hall–Kier alpha value is -8.81. The molecular weight excluding hydrogens is 1210 g/mol. The van der Waals surface area contributed by atoms with E-state index >= 15 is 0 Å². The summed E-state index contributed by atoms with van der Waals surface area (Å²) in [5.41, 5.74) is 1.55. The molecule has 2 aromatic heterocycles. The Kier molecular flexibility index (Phi) is 18.6. The summed E-state index contributed by atoms with van der Waals surface area (Å²) >= 11 is 0. The summed E-state index contributed by atoms with van der Waals surface area (Å²) in [5.74, 6) is -5.58. The highest BCUT2D eigenvalue weighted by atomic mass is 19.2. The molecule has 0 spiro atoms. The minimum atomic E-state index is -1.56. The average Bonchev–Trinajstić information content (AvgIpc) is 1.70. The molecule has 8 fully saturated rings. The van der Waals surface area contributed by atoms with Crippen molar-refractivity contribution in [3.05, 3.63) is 188 Å². The molecule has 0 amide bonds. The summed E-state index contributed by atoms with van der Waals surface area (Å²) in [6.45, 7) is 7.87. The molecule has 8 aliphatic rings. The number of carbonyl (C=O) groups excluding carboxylic acids is 3. The topological polar surface area (TPSA) is 167 Å². The third-order valence-corrected chi connectivity index (χ3v) is 17.6. The predicted octanol–water partition coefficient (Wildman–Crippen LogP) is 11.3. The second kappa shape index (κ2) is 26.6. The van der Waals surface area contributed by atoms with Crippen LogP contribution in [0, 0.1) is 111 Å². The van der Waals surface area contributed by atoms with Crippen molar-refractivity contribution in [2.24, 2.45) is 47.3 Å². The highest BCUT2D eigenvalue weighted by Crippen LogP contribution is 2.50. The number of hydrogen-bond donors (Lipinski definition) is 2. The predicted molar refractivity (Wildman–Crippen MR) is 309 cm³/mol. The fourth-order valence-corrected chi connectivity index (χ4v) is 12.7. The van der Waals surface area contributed by atoms with Gasteiger partial charge < -0.3 is 34.5 Å². The van der Waals surface area contributed by atoms with Crippen LogP contribution >= 0.6 is 0 Å². The molecule has 0 bridgehead atoms. The lowest BCUT2D eigenvalue weighted by molar-refractivity contribution is 0.0525. The van der Waals surface area contributed by atoms with E-state index in [9.17, 15) is 67.5 Å². The average molecular weight is 1280 g/mol. The number of piperidine rings is 4. The first-order valence-corrected chi connectivity index (χ1v) is 29.6. The monoisotopic (exact) mass is 1270 g/mol. The fourth-order valence-electron chi connectivity index (χ4n) is 12.7. The maximum atomic E-state index is 14.5. The molecule has 91 heavy (non-hydrogen) atoms. The van der Waals surface area contributed by atoms with Crippen LogP contribution in [0.15, 0.2) is 85.5 Å². The van der Waals surface area contributed by atoms with Crippen LogP contribution < -0.4 is 19.6 Å². The third-order valence-electron chi connectivity index (χ3n) is 17.6. The van der Waals surface area contributed by atoms with Gasteiger partial charge in [-0.15, -0.1) is 0 Å². The number of hydrogen-bond acceptors (Lipinski definition) is 12. The molecule has 4 aliphatic heterocycles. The number of aromatic nitrogens is 4. The number of fused-ring (bicyclic) bond motifs is 4. The number of aliphatic hydroxyl groups excluding tert-OH is 1. The van der Waals surface area contributed by atoms with Crippen LogP contribution in [0.4, 0.5) is 71.0 Å². The molecule has 2 N–H and O–H groups in total. The van der Waals surface area contributed by atoms with Crippen LogP contribution in [0.1, 0.15) is 90.7 Å². The van der Waals surface area contributed by atoms with Crippen LogP contribution in [0.25, 0.3) is 0 Å². The summed E-state index contributed by atoms with van der Waals surface area (Å²) in [5, 5.41) is 25.6. The van der Waals surface area contributed by atoms with E-state index in [1.54, 1.807) is 26.5 Å². The van der Waals surface area contributed by atoms with E-state index < -0.39 is 75.9 Å². The first-order valence-electron chi connectivity index (χ1n) is 29.6. The number of anilines is 4. The number of nitrogens with zero attached hydrogens (tertiary/aromatic N) is 8. The van der Waals surface area contributed by atoms with Crippen LogP contribution in [-0.2, 0) is 24.4 Å². The summed E-state index contributed by atoms with van der Waals surface area (Å²) in [4.78, 5) is 50.0. The zero-order chi connectivity index (χ0) is 64.7. The second-order valence-corrected chi connectivity index (χ2v) is 24.3. The summed E-state index contributed by atoms with van der Waals surface area (Å²) in [7, 11) is 0. The van der Waals surface area contributed by atoms with Gasteiger partial charge in [0.05, 0.1) is 49.8 Å². The van der Waals surface area contributed by atoms with Gasteiger partial charge in [-0.3, -0.25) is 19.0 Å². The van der Waals surface area contributed by atoms with Gasteiger partial charge in [0.1, 0.15) is 81.9 Å². The van der Waals surface area contributed by atoms with Gasteiger partial charge in [0.15, 0.2) is 17.5 Å². The molecule has 6 heterocycles. The quantitative estimate of drug-likeness (QED) is 0.0457. The first-order chi connectivity index (χ1) is 43.6. The molecule has 8 unspecified atom stereocenters. The summed E-state index contributed by atoms with van der Waals surface area (Å²) in [6, 6.07) is 11.1. The van der Waals surface area contributed by atoms with E-state index in [2.05, 4.69) is 10.2 Å². The number of rotatable bonds is 14. The van der Waals surface area contributed by atoms with E-state index in [1.807, 2.05) is 0 Å². The van der Waals surface area contributed by atoms with Crippen LogP contribution in [0.5, 0.6) is 0 Å². The SMILES string of the molecule is CCOC(=O)c1cnn(Cc2cc(F)c(N3CC4CC4C3)c(F)c2)c1.O=C(O)c1cnn(Cc2cc(F)c(N3CC4CC4C3)c(F)c2)c1.O=Cc1cc(F)c(F)c(F)c1.O=Cc1cc(F)c(N2CC3CC3C2)c(F)c1.OCc1cc(F)c(N2CC3CC3C2)c(F)c1. The van der Waals surface area contributed by atoms with Crippen molar-refractivity contribution < 1.29 is 82.4 Å². The molecule has 480 valence electrons. The molecule has 4 aliphatic carbocycles. The minimum Gasteiger partial charge on any atom is -0.478 e. The Labute approximate surface area is 514 Å². The number of aromatic carboxylic acids is 1. The van der Waals surface area contributed by atoms with Crippen LogP contribution in [0.2, 0.25) is 0 Å². The molecule has 15 rings (SSSR count). The van der Waals surface area contributed by atoms with Gasteiger partial charge in [0, 0.05) is 75.9 Å². The molecular formula is C65H61F11N8O7. The molecule has 7 aromatic rings. The van der Waals surface area contributed by atoms with Crippen molar-refractivity contribution >= 4 is 47.3 Å². The standard InChI is InChI=1S/C18H19F2N3O2.C16H15F2N3O2.C12H13F2NO.C12H11F2NO.C7H3F3O/c1-2-25-18(24)14-6-21-23(10-14)7-11-3-15(19)17(16(20)4-11)22-8-12-5-13(12)9-22;17-13-1-9(5-21-8-12(4-19-21)16(22)23)2-14(18)15(13)20-6-10-3-11(10)7-20;2*13-10-1-7(6-16)2-11(14)12(10)15-4-8-3-9(8)5-15;8-5-1-4(3-11)2-6(9)7(5)10/h3-4,6,10,12-13H,2,5,7-9H2,1H3;1-2,4,8,10-11H,3,5-7H2,(H,22,23);1-2,8-9,16H,3-6H2;1-2,6,8-9H,3-5H2;1-3H. The van der Waals surface area contributed by atoms with Crippen molar-refractivity contribution in [1.82, 2.24) is 19.6 Å². The normalized spacial score (nSPS) is 22.1. The van der Waals surface area contributed by atoms with Crippen molar-refractivity contribution in [3.63, 3.8) is 0 Å². The fraction of sp³-hybridized carbons (Fsp3) is 0.385. The van der Waals surface area contributed by atoms with Gasteiger partial charge in [0.2, 0.25) is 0 Å². The summed E-state index contributed by atoms with van der Waals surface area (Å²) < 4.78 is 157. The lowest BCUT2D eigenvalue weighted by atomic mass is 10.1. The van der Waals surface area contributed by atoms with Crippen LogP contribution in [0.3, 0.4) is 0 Å². The molecule has 15 nitrogen and oxygen atoms in total. The third kappa shape index (κ3) is 14.7. The highest BCUT2D eigenvalue weighted by molar-refractivity contribution is 5.88. The molecule has 4 saturated carbocycles. The van der Waals surface area contributed by atoms with E-state index in [-0.39, 0.29) is 77.6 Å². The summed E-state index contributed by atoms with van der Waals surface area (Å²) in [6.07, 6.45) is 10.9. The Balaban J connectivity index is 0.000000120. The second-order valence-electron chi connectivity index (χ2n) is 24.3. The Morgan fingerprint density at radius 1 is 0.462 bits per heavy atom. The van der Waals surface area contributed by atoms with Gasteiger partial charge in [0.25, 0.3) is 0 Å². The van der Waals surface area contributed by atoms with Gasteiger partial charge in [-0.05, 0) is 157 Å². The van der Waals surface area contributed by atoms with E-state index in [1.165, 1.54) is 96.2 Å². The number of carboxylic acids is 1. The number of esters is 1. The van der Waals surface area contributed by atoms with Gasteiger partial charge >= 0.3 is 11.9 Å². The van der Waals surface area contributed by atoms with E-state index in [0.29, 0.717) is 82.5 Å². The van der Waals surface area contributed by atoms with Crippen molar-refractivity contribution in [2.45, 2.75) is 52.3 Å². The van der Waals surface area contributed by atoms with E-state index in [0.717, 1.165) is 64.5 Å². The lowest BCUT2D eigenvalue weighted by Crippen LogP contribution is -2.24. The Bertz CT molecular complexity index is 3770. The smallest absolute Gasteiger partial charge is 0.341 e. The molecule has 5 aromatic carbocycles. The maximum absolute atomic E-state index is 14.5. The lowest BCUT2D eigenvalue weighted by Gasteiger charge is -2.22. The van der Waals surface area contributed by atoms with Gasteiger partial charge in [-0.2, -0.15) is 10.2 Å². The maximum Gasteiger partial charge on any atom is 0.341 e. The Morgan fingerprint density at radius 3 is 1.03 bits per heavy atom. The molecule has 4 saturated heterocycles.